The van der Waals surface area contributed by atoms with Gasteiger partial charge in [0.1, 0.15) is 0 Å². The van der Waals surface area contributed by atoms with Crippen LogP contribution in [-0.2, 0) is 11.3 Å². The molecule has 1 saturated heterocycles. The van der Waals surface area contributed by atoms with Crippen LogP contribution in [0.3, 0.4) is 0 Å². The first-order valence-electron chi connectivity index (χ1n) is 12.8. The van der Waals surface area contributed by atoms with Gasteiger partial charge >= 0.3 is 12.2 Å². The number of amides is 2. The van der Waals surface area contributed by atoms with E-state index in [1.54, 1.807) is 33.2 Å². The van der Waals surface area contributed by atoms with E-state index in [2.05, 4.69) is 37.2 Å². The van der Waals surface area contributed by atoms with E-state index in [1.807, 2.05) is 18.2 Å². The van der Waals surface area contributed by atoms with Crippen molar-refractivity contribution in [3.05, 3.63) is 59.4 Å². The van der Waals surface area contributed by atoms with Gasteiger partial charge in [0, 0.05) is 45.0 Å². The highest BCUT2D eigenvalue weighted by atomic mass is 32.1. The molecule has 0 aliphatic carbocycles. The van der Waals surface area contributed by atoms with E-state index in [9.17, 15) is 23.1 Å². The van der Waals surface area contributed by atoms with Crippen LogP contribution in [0, 0.1) is 0 Å². The summed E-state index contributed by atoms with van der Waals surface area (Å²) in [7, 11) is 1.70. The average Bonchev–Trinajstić information content (AvgIpc) is 3.31. The number of ether oxygens (including phenoxy) is 1. The van der Waals surface area contributed by atoms with Crippen molar-refractivity contribution in [2.75, 3.05) is 32.1 Å². The lowest BCUT2D eigenvalue weighted by Gasteiger charge is -2.38. The molecule has 1 fully saturated rings. The lowest BCUT2D eigenvalue weighted by atomic mass is 10.00. The van der Waals surface area contributed by atoms with Gasteiger partial charge in [-0.25, -0.2) is 9.78 Å². The van der Waals surface area contributed by atoms with Crippen LogP contribution in [0.2, 0.25) is 0 Å². The minimum absolute atomic E-state index is 0.235. The predicted molar refractivity (Wildman–Crippen MR) is 155 cm³/mol. The van der Waals surface area contributed by atoms with E-state index in [4.69, 9.17) is 4.74 Å². The third-order valence-electron chi connectivity index (χ3n) is 6.54. The van der Waals surface area contributed by atoms with Crippen molar-refractivity contribution in [3.63, 3.8) is 0 Å². The number of nitrogens with one attached hydrogen (secondary N) is 2. The van der Waals surface area contributed by atoms with Gasteiger partial charge in [0.05, 0.1) is 27.7 Å². The van der Waals surface area contributed by atoms with E-state index in [1.165, 1.54) is 17.4 Å². The van der Waals surface area contributed by atoms with Crippen LogP contribution in [-0.4, -0.2) is 77.9 Å². The van der Waals surface area contributed by atoms with Gasteiger partial charge in [0.15, 0.2) is 11.2 Å². The van der Waals surface area contributed by atoms with E-state index in [-0.39, 0.29) is 12.1 Å². The number of aromatic nitrogens is 2. The Hall–Kier alpha value is -3.65. The number of carbonyl (C=O) groups is 1. The molecule has 13 heteroatoms. The van der Waals surface area contributed by atoms with Gasteiger partial charge in [-0.05, 0) is 67.6 Å². The van der Waals surface area contributed by atoms with Gasteiger partial charge in [-0.15, -0.1) is 0 Å². The zero-order valence-electron chi connectivity index (χ0n) is 22.8. The number of alkyl halides is 3. The number of pyridine rings is 1. The molecule has 0 radical (unpaired) electrons. The van der Waals surface area contributed by atoms with E-state index in [0.29, 0.717) is 34.0 Å². The molecule has 218 valence electrons. The number of thiazole rings is 1. The van der Waals surface area contributed by atoms with Crippen LogP contribution in [0.25, 0.3) is 27.0 Å². The van der Waals surface area contributed by atoms with Crippen LogP contribution in [0.4, 0.5) is 23.1 Å². The van der Waals surface area contributed by atoms with Gasteiger partial charge in [-0.2, -0.15) is 13.2 Å². The lowest BCUT2D eigenvalue weighted by molar-refractivity contribution is -0.191. The Morgan fingerprint density at radius 1 is 1.34 bits per heavy atom. The van der Waals surface area contributed by atoms with Crippen LogP contribution in [0.5, 0.6) is 0 Å². The highest BCUT2D eigenvalue weighted by Crippen LogP contribution is 2.37. The molecule has 1 aliphatic rings. The minimum Gasteiger partial charge on any atom is -0.379 e. The molecule has 9 nitrogen and oxygen atoms in total. The van der Waals surface area contributed by atoms with Crippen molar-refractivity contribution < 1.29 is 27.8 Å². The predicted octanol–water partition coefficient (Wildman–Crippen LogP) is 5.24. The first-order chi connectivity index (χ1) is 19.5. The fraction of sp³-hybridized carbons (Fsp3) is 0.357. The number of hydrogen-bond acceptors (Lipinski definition) is 8. The smallest absolute Gasteiger partial charge is 0.379 e. The summed E-state index contributed by atoms with van der Waals surface area (Å²) in [6, 6.07) is 7.23. The molecule has 41 heavy (non-hydrogen) atoms. The number of benzene rings is 1. The Morgan fingerprint density at radius 2 is 2.10 bits per heavy atom. The van der Waals surface area contributed by atoms with Crippen molar-refractivity contribution in [1.29, 1.82) is 0 Å². The molecule has 4 rings (SSSR count). The number of urea groups is 1. The number of anilines is 1. The summed E-state index contributed by atoms with van der Waals surface area (Å²) in [6.07, 6.45) is -3.12. The van der Waals surface area contributed by atoms with E-state index >= 15 is 0 Å². The number of nitrogens with zero attached hydrogens (tertiary/aromatic N) is 4. The molecular formula is C28H31F3N6O3S. The molecule has 1 unspecified atom stereocenters. The molecule has 2 aromatic heterocycles. The maximum absolute atomic E-state index is 13.0. The monoisotopic (exact) mass is 588 g/mol. The Balaban J connectivity index is 1.74. The molecule has 0 saturated carbocycles. The van der Waals surface area contributed by atoms with Gasteiger partial charge in [-0.1, -0.05) is 17.4 Å². The van der Waals surface area contributed by atoms with Gasteiger partial charge < -0.3 is 15.2 Å². The maximum Gasteiger partial charge on any atom is 0.420 e. The van der Waals surface area contributed by atoms with Crippen LogP contribution < -0.4 is 10.6 Å². The molecule has 2 amide bonds. The number of allylic oxidation sites excluding steroid dienone is 3. The van der Waals surface area contributed by atoms with Gasteiger partial charge in [0.25, 0.3) is 0 Å². The molecule has 1 atom stereocenters. The second-order valence-corrected chi connectivity index (χ2v) is 10.5. The zero-order chi connectivity index (χ0) is 29.7. The van der Waals surface area contributed by atoms with Crippen molar-refractivity contribution in [1.82, 2.24) is 20.2 Å². The van der Waals surface area contributed by atoms with Crippen molar-refractivity contribution in [3.8, 4) is 11.3 Å². The number of aliphatic hydroxyl groups is 1. The third-order valence-corrected chi connectivity index (χ3v) is 7.56. The zero-order valence-corrected chi connectivity index (χ0v) is 23.6. The largest absolute Gasteiger partial charge is 0.420 e. The highest BCUT2D eigenvalue weighted by molar-refractivity contribution is 7.22. The van der Waals surface area contributed by atoms with Crippen LogP contribution in [0.15, 0.2) is 53.3 Å². The summed E-state index contributed by atoms with van der Waals surface area (Å²) in [5.41, 5.74) is 3.74. The quantitative estimate of drug-likeness (QED) is 0.221. The molecule has 1 aliphatic heterocycles. The topological polar surface area (TPSA) is 112 Å². The molecule has 0 spiro atoms. The van der Waals surface area contributed by atoms with Gasteiger partial charge in [-0.3, -0.25) is 20.2 Å². The number of rotatable bonds is 10. The van der Waals surface area contributed by atoms with E-state index in [0.717, 1.165) is 41.5 Å². The fourth-order valence-corrected chi connectivity index (χ4v) is 5.25. The molecule has 3 heterocycles. The summed E-state index contributed by atoms with van der Waals surface area (Å²) < 4.78 is 45.2. The number of halogens is 3. The molecule has 3 aromatic rings. The van der Waals surface area contributed by atoms with Crippen molar-refractivity contribution in [2.24, 2.45) is 4.99 Å². The maximum atomic E-state index is 13.0. The second-order valence-electron chi connectivity index (χ2n) is 9.52. The first kappa shape index (κ1) is 30.3. The average molecular weight is 589 g/mol. The molecular weight excluding hydrogens is 557 g/mol. The SMILES string of the molecule is C=N/C(=C\C=C(/C)c1cc(-c2cc(CN3CC(OC)C3)ccn2)c2sc(NC(=O)NCC)nc2c1)C(O)C(F)(F)F. The summed E-state index contributed by atoms with van der Waals surface area (Å²) in [5, 5.41) is 15.4. The Morgan fingerprint density at radius 3 is 2.76 bits per heavy atom. The number of aliphatic imine (C=N–C) groups is 1. The normalized spacial score (nSPS) is 16.0. The van der Waals surface area contributed by atoms with E-state index < -0.39 is 18.0 Å². The van der Waals surface area contributed by atoms with Crippen LogP contribution in [0.1, 0.15) is 25.0 Å². The number of methoxy groups -OCH3 is 1. The van der Waals surface area contributed by atoms with Crippen molar-refractivity contribution >= 4 is 45.0 Å². The van der Waals surface area contributed by atoms with Crippen molar-refractivity contribution in [2.45, 2.75) is 38.8 Å². The number of aliphatic hydroxyl groups excluding tert-OH is 1. The number of hydrogen-bond donors (Lipinski definition) is 3. The molecule has 1 aromatic carbocycles. The van der Waals surface area contributed by atoms with Gasteiger partial charge in [0.2, 0.25) is 0 Å². The third kappa shape index (κ3) is 7.36. The highest BCUT2D eigenvalue weighted by Gasteiger charge is 2.40. The summed E-state index contributed by atoms with van der Waals surface area (Å²) >= 11 is 1.30. The standard InChI is InChI=1S/C28H31F3N6O3S/c1-5-33-26(39)36-27-35-23-12-18(16(2)6-7-21(32-3)25(38)28(29,30)31)11-20(24(23)41-27)22-10-17(8-9-34-22)13-37-14-19(15-37)40-4/h6-12,19,25,38H,3,5,13-15H2,1-2,4H3,(H2,33,35,36,39)/b16-6+,21-7-. The molecule has 3 N–H and O–H groups in total. The first-order valence-corrected chi connectivity index (χ1v) is 13.6. The second kappa shape index (κ2) is 12.9. The number of carbonyl (C=O) groups excluding carboxylic acids is 1. The summed E-state index contributed by atoms with van der Waals surface area (Å²) in [5.74, 6) is 0. The van der Waals surface area contributed by atoms with Crippen LogP contribution >= 0.6 is 11.3 Å². The number of fused-ring (bicyclic) bond motifs is 1. The number of likely N-dealkylation sites (tertiary alicyclic amines) is 1. The Kier molecular flexibility index (Phi) is 9.53. The molecule has 0 bridgehead atoms. The lowest BCUT2D eigenvalue weighted by Crippen LogP contribution is -2.50. The summed E-state index contributed by atoms with van der Waals surface area (Å²) in [6.45, 7) is 9.56. The Labute approximate surface area is 239 Å². The Bertz CT molecular complexity index is 1480. The fourth-order valence-electron chi connectivity index (χ4n) is 4.29. The minimum atomic E-state index is -4.87. The summed E-state index contributed by atoms with van der Waals surface area (Å²) in [4.78, 5) is 26.9.